The molecule has 2 atom stereocenters. The summed E-state index contributed by atoms with van der Waals surface area (Å²) in [5, 5.41) is 8.65. The predicted octanol–water partition coefficient (Wildman–Crippen LogP) is 1.24. The van der Waals surface area contributed by atoms with Crippen LogP contribution in [0.1, 0.15) is 5.82 Å². The quantitative estimate of drug-likeness (QED) is 0.528. The summed E-state index contributed by atoms with van der Waals surface area (Å²) < 4.78 is 38.1. The second kappa shape index (κ2) is 9.37. The zero-order valence-corrected chi connectivity index (χ0v) is 18.5. The predicted molar refractivity (Wildman–Crippen MR) is 119 cm³/mol. The van der Waals surface area contributed by atoms with Crippen LogP contribution in [-0.2, 0) is 9.59 Å². The maximum atomic E-state index is 12.7. The van der Waals surface area contributed by atoms with E-state index in [-0.39, 0.29) is 25.8 Å². The number of anilines is 1. The highest BCUT2D eigenvalue weighted by atomic mass is 35.5. The number of hydrogen-bond donors (Lipinski definition) is 3. The Hall–Kier alpha value is -3.54. The molecule has 3 N–H and O–H groups in total. The van der Waals surface area contributed by atoms with Crippen molar-refractivity contribution in [3.05, 3.63) is 59.8 Å². The number of nitrogens with zero attached hydrogens (tertiary/aromatic N) is 4. The minimum atomic E-state index is -4.57. The van der Waals surface area contributed by atoms with Crippen molar-refractivity contribution in [3.63, 3.8) is 0 Å². The lowest BCUT2D eigenvalue weighted by atomic mass is 10.0. The number of piperazine rings is 1. The molecular formula is C21H21ClF3N7O2. The number of amides is 2. The minimum absolute atomic E-state index is 0.115. The summed E-state index contributed by atoms with van der Waals surface area (Å²) in [7, 11) is 0. The number of dihydropyridines is 1. The molecule has 1 aromatic rings. The largest absolute Gasteiger partial charge is 0.405 e. The molecule has 0 saturated carbocycles. The van der Waals surface area contributed by atoms with Crippen molar-refractivity contribution in [1.29, 1.82) is 0 Å². The summed E-state index contributed by atoms with van der Waals surface area (Å²) in [5.74, 6) is -0.576. The zero-order chi connectivity index (χ0) is 24.5. The van der Waals surface area contributed by atoms with Crippen LogP contribution in [0.2, 0.25) is 0 Å². The Labute approximate surface area is 198 Å². The van der Waals surface area contributed by atoms with Crippen LogP contribution < -0.4 is 20.9 Å². The molecule has 3 aliphatic rings. The van der Waals surface area contributed by atoms with Crippen LogP contribution >= 0.6 is 11.6 Å². The SMILES string of the molecule is C=CC(=O)N1CCN(c2ccnc(C3=CNC4NC=C(Cl)C=C34)n2)[C@@H](C(=O)NCC(F)(F)F)C1. The molecule has 9 nitrogen and oxygen atoms in total. The second-order valence-electron chi connectivity index (χ2n) is 7.72. The summed E-state index contributed by atoms with van der Waals surface area (Å²) in [4.78, 5) is 36.7. The molecule has 4 rings (SSSR count). The molecule has 1 saturated heterocycles. The Morgan fingerprint density at radius 3 is 2.79 bits per heavy atom. The fourth-order valence-corrected chi connectivity index (χ4v) is 4.08. The molecule has 0 bridgehead atoms. The van der Waals surface area contributed by atoms with Gasteiger partial charge in [0.15, 0.2) is 5.82 Å². The van der Waals surface area contributed by atoms with Gasteiger partial charge in [-0.1, -0.05) is 18.2 Å². The van der Waals surface area contributed by atoms with Crippen molar-refractivity contribution in [2.75, 3.05) is 31.1 Å². The van der Waals surface area contributed by atoms with E-state index in [9.17, 15) is 22.8 Å². The maximum Gasteiger partial charge on any atom is 0.405 e. The molecule has 0 aliphatic carbocycles. The molecule has 34 heavy (non-hydrogen) atoms. The van der Waals surface area contributed by atoms with Gasteiger partial charge in [0.05, 0.1) is 11.6 Å². The molecule has 0 spiro atoms. The van der Waals surface area contributed by atoms with E-state index in [0.29, 0.717) is 22.2 Å². The summed E-state index contributed by atoms with van der Waals surface area (Å²) in [6, 6.07) is 0.485. The van der Waals surface area contributed by atoms with Gasteiger partial charge in [-0.25, -0.2) is 9.97 Å². The smallest absolute Gasteiger partial charge is 0.367 e. The third-order valence-corrected chi connectivity index (χ3v) is 5.72. The van der Waals surface area contributed by atoms with Crippen molar-refractivity contribution in [2.45, 2.75) is 18.4 Å². The Balaban J connectivity index is 1.61. The van der Waals surface area contributed by atoms with Gasteiger partial charge in [-0.2, -0.15) is 13.2 Å². The number of hydrogen-bond acceptors (Lipinski definition) is 7. The fourth-order valence-electron chi connectivity index (χ4n) is 3.90. The number of halogens is 4. The first-order valence-electron chi connectivity index (χ1n) is 10.3. The number of nitrogens with one attached hydrogen (secondary N) is 3. The van der Waals surface area contributed by atoms with E-state index in [1.54, 1.807) is 29.4 Å². The van der Waals surface area contributed by atoms with Crippen molar-refractivity contribution in [3.8, 4) is 0 Å². The van der Waals surface area contributed by atoms with Crippen LogP contribution in [0, 0.1) is 0 Å². The summed E-state index contributed by atoms with van der Waals surface area (Å²) in [6.07, 6.45) is 3.02. The van der Waals surface area contributed by atoms with Gasteiger partial charge in [-0.05, 0) is 18.2 Å². The average Bonchev–Trinajstić information content (AvgIpc) is 3.24. The van der Waals surface area contributed by atoms with Crippen molar-refractivity contribution < 1.29 is 22.8 Å². The van der Waals surface area contributed by atoms with Crippen molar-refractivity contribution in [1.82, 2.24) is 30.8 Å². The molecule has 4 heterocycles. The lowest BCUT2D eigenvalue weighted by molar-refractivity contribution is -0.140. The Bertz CT molecular complexity index is 1100. The van der Waals surface area contributed by atoms with E-state index in [4.69, 9.17) is 11.6 Å². The molecular weight excluding hydrogens is 475 g/mol. The lowest BCUT2D eigenvalue weighted by Gasteiger charge is -2.41. The Kier molecular flexibility index (Phi) is 6.51. The van der Waals surface area contributed by atoms with E-state index in [0.717, 1.165) is 11.6 Å². The highest BCUT2D eigenvalue weighted by molar-refractivity contribution is 6.31. The van der Waals surface area contributed by atoms with E-state index in [1.807, 2.05) is 5.32 Å². The Morgan fingerprint density at radius 1 is 1.29 bits per heavy atom. The van der Waals surface area contributed by atoms with Gasteiger partial charge in [-0.3, -0.25) is 9.59 Å². The normalized spacial score (nSPS) is 21.9. The van der Waals surface area contributed by atoms with Crippen LogP contribution in [0.5, 0.6) is 0 Å². The third-order valence-electron chi connectivity index (χ3n) is 5.51. The fraction of sp³-hybridized carbons (Fsp3) is 0.333. The first kappa shape index (κ1) is 23.6. The lowest BCUT2D eigenvalue weighted by Crippen LogP contribution is -2.61. The zero-order valence-electron chi connectivity index (χ0n) is 17.8. The van der Waals surface area contributed by atoms with Crippen molar-refractivity contribution >= 4 is 34.8 Å². The number of carbonyl (C=O) groups is 2. The monoisotopic (exact) mass is 495 g/mol. The van der Waals surface area contributed by atoms with E-state index >= 15 is 0 Å². The highest BCUT2D eigenvalue weighted by Crippen LogP contribution is 2.31. The molecule has 1 unspecified atom stereocenters. The van der Waals surface area contributed by atoms with E-state index < -0.39 is 30.6 Å². The topological polar surface area (TPSA) is 102 Å². The molecule has 3 aliphatic heterocycles. The first-order valence-corrected chi connectivity index (χ1v) is 10.7. The van der Waals surface area contributed by atoms with Gasteiger partial charge in [0, 0.05) is 42.8 Å². The average molecular weight is 496 g/mol. The molecule has 13 heteroatoms. The third kappa shape index (κ3) is 5.01. The van der Waals surface area contributed by atoms with Crippen LogP contribution in [0.15, 0.2) is 54.0 Å². The number of rotatable bonds is 5. The van der Waals surface area contributed by atoms with Gasteiger partial charge >= 0.3 is 6.18 Å². The maximum absolute atomic E-state index is 12.7. The van der Waals surface area contributed by atoms with Gasteiger partial charge in [0.2, 0.25) is 11.8 Å². The minimum Gasteiger partial charge on any atom is -0.367 e. The number of alkyl halides is 3. The van der Waals surface area contributed by atoms with Crippen LogP contribution in [0.3, 0.4) is 0 Å². The molecule has 180 valence electrons. The summed E-state index contributed by atoms with van der Waals surface area (Å²) >= 11 is 6.11. The van der Waals surface area contributed by atoms with Gasteiger partial charge < -0.3 is 25.8 Å². The van der Waals surface area contributed by atoms with Crippen LogP contribution in [0.4, 0.5) is 19.0 Å². The molecule has 2 amide bonds. The van der Waals surface area contributed by atoms with Gasteiger partial charge in [-0.15, -0.1) is 0 Å². The van der Waals surface area contributed by atoms with E-state index in [2.05, 4.69) is 27.2 Å². The standard InChI is InChI=1S/C21H21ClF3N7O2/c1-2-17(33)31-5-6-32(15(10-31)20(34)29-11-21(23,24)25)16-3-4-26-19(30-16)14-9-28-18-13(14)7-12(22)8-27-18/h2-4,7-9,15,18,27-28H,1,5-6,10-11H2,(H,29,34)/t15-,18?/m1/s1. The highest BCUT2D eigenvalue weighted by Gasteiger charge is 2.37. The number of allylic oxidation sites excluding steroid dienone is 2. The number of fused-ring (bicyclic) bond motifs is 1. The van der Waals surface area contributed by atoms with Gasteiger partial charge in [0.25, 0.3) is 0 Å². The van der Waals surface area contributed by atoms with E-state index in [1.165, 1.54) is 11.1 Å². The van der Waals surface area contributed by atoms with Crippen molar-refractivity contribution in [2.24, 2.45) is 0 Å². The summed E-state index contributed by atoms with van der Waals surface area (Å²) in [5.41, 5.74) is 1.51. The summed E-state index contributed by atoms with van der Waals surface area (Å²) in [6.45, 7) is 2.27. The van der Waals surface area contributed by atoms with Crippen LogP contribution in [-0.4, -0.2) is 71.2 Å². The molecule has 1 aromatic heterocycles. The second-order valence-corrected chi connectivity index (χ2v) is 8.16. The molecule has 0 radical (unpaired) electrons. The molecule has 0 aromatic carbocycles. The number of carbonyl (C=O) groups excluding carboxylic acids is 2. The number of aromatic nitrogens is 2. The van der Waals surface area contributed by atoms with Crippen LogP contribution in [0.25, 0.3) is 5.57 Å². The molecule has 1 fully saturated rings. The van der Waals surface area contributed by atoms with Gasteiger partial charge in [0.1, 0.15) is 24.6 Å². The first-order chi connectivity index (χ1) is 16.2. The Morgan fingerprint density at radius 2 is 2.06 bits per heavy atom.